The number of fused-ring (bicyclic) bond motifs is 1. The Hall–Kier alpha value is -3.82. The number of primary amides is 1. The predicted octanol–water partition coefficient (Wildman–Crippen LogP) is 4.17. The molecule has 0 saturated carbocycles. The zero-order valence-electron chi connectivity index (χ0n) is 15.2. The van der Waals surface area contributed by atoms with Crippen LogP contribution in [-0.2, 0) is 11.4 Å². The number of nitrogens with two attached hydrogens (primary N) is 1. The van der Waals surface area contributed by atoms with Crippen LogP contribution in [0.4, 0.5) is 4.79 Å². The molecule has 0 radical (unpaired) electrons. The number of nitrogens with zero attached hydrogens (tertiary/aromatic N) is 1. The zero-order valence-corrected chi connectivity index (χ0v) is 15.9. The number of hydrogen-bond acceptors (Lipinski definition) is 4. The highest BCUT2D eigenvalue weighted by Gasteiger charge is 2.15. The number of benzene rings is 3. The first kappa shape index (κ1) is 19.9. The summed E-state index contributed by atoms with van der Waals surface area (Å²) in [7, 11) is 0. The van der Waals surface area contributed by atoms with E-state index in [1.165, 1.54) is 6.08 Å². The summed E-state index contributed by atoms with van der Waals surface area (Å²) in [5.74, 6) is -0.423. The van der Waals surface area contributed by atoms with Gasteiger partial charge >= 0.3 is 6.03 Å². The molecular formula is C22H16ClN3O3. The number of hydrogen-bond donors (Lipinski definition) is 2. The molecule has 0 aliphatic heterocycles. The van der Waals surface area contributed by atoms with Crippen molar-refractivity contribution >= 4 is 40.4 Å². The Balaban J connectivity index is 2.05. The van der Waals surface area contributed by atoms with Crippen LogP contribution in [-0.4, -0.2) is 11.9 Å². The molecule has 0 spiro atoms. The van der Waals surface area contributed by atoms with Crippen molar-refractivity contribution in [1.29, 1.82) is 5.26 Å². The normalized spacial score (nSPS) is 11.0. The van der Waals surface area contributed by atoms with Crippen LogP contribution < -0.4 is 15.8 Å². The molecule has 0 aliphatic rings. The molecule has 3 amide bonds. The van der Waals surface area contributed by atoms with E-state index in [1.54, 1.807) is 18.2 Å². The third-order valence-corrected chi connectivity index (χ3v) is 4.53. The molecule has 144 valence electrons. The highest BCUT2D eigenvalue weighted by molar-refractivity contribution is 6.31. The Bertz CT molecular complexity index is 1170. The molecule has 3 aromatic rings. The maximum absolute atomic E-state index is 12.1. The van der Waals surface area contributed by atoms with E-state index in [4.69, 9.17) is 22.1 Å². The third kappa shape index (κ3) is 4.72. The average Bonchev–Trinajstić information content (AvgIpc) is 2.71. The van der Waals surface area contributed by atoms with Crippen molar-refractivity contribution in [2.75, 3.05) is 0 Å². The van der Waals surface area contributed by atoms with E-state index >= 15 is 0 Å². The van der Waals surface area contributed by atoms with Crippen molar-refractivity contribution in [2.45, 2.75) is 6.61 Å². The van der Waals surface area contributed by atoms with Crippen LogP contribution >= 0.6 is 11.6 Å². The maximum Gasteiger partial charge on any atom is 0.319 e. The molecule has 0 saturated heterocycles. The number of nitriles is 1. The van der Waals surface area contributed by atoms with Crippen molar-refractivity contribution < 1.29 is 14.3 Å². The lowest BCUT2D eigenvalue weighted by Crippen LogP contribution is -2.35. The minimum Gasteiger partial charge on any atom is -0.488 e. The second-order valence-corrected chi connectivity index (χ2v) is 6.47. The summed E-state index contributed by atoms with van der Waals surface area (Å²) in [6.07, 6.45) is 1.38. The highest BCUT2D eigenvalue weighted by atomic mass is 35.5. The lowest BCUT2D eigenvalue weighted by Gasteiger charge is -2.13. The van der Waals surface area contributed by atoms with Crippen LogP contribution in [0.3, 0.4) is 0 Å². The van der Waals surface area contributed by atoms with Crippen LogP contribution in [0.1, 0.15) is 11.1 Å². The minimum absolute atomic E-state index is 0.203. The molecule has 3 aromatic carbocycles. The lowest BCUT2D eigenvalue weighted by atomic mass is 10.0. The number of ether oxygens (including phenoxy) is 1. The lowest BCUT2D eigenvalue weighted by molar-refractivity contribution is -0.115. The van der Waals surface area contributed by atoms with Gasteiger partial charge in [0.2, 0.25) is 0 Å². The van der Waals surface area contributed by atoms with Crippen molar-refractivity contribution in [3.8, 4) is 11.8 Å². The van der Waals surface area contributed by atoms with Gasteiger partial charge in [-0.15, -0.1) is 0 Å². The Labute approximate surface area is 172 Å². The van der Waals surface area contributed by atoms with Crippen LogP contribution in [0.15, 0.2) is 66.2 Å². The molecule has 0 unspecified atom stereocenters. The molecule has 6 nitrogen and oxygen atoms in total. The Kier molecular flexibility index (Phi) is 6.12. The molecule has 0 aromatic heterocycles. The summed E-state index contributed by atoms with van der Waals surface area (Å²) >= 11 is 6.19. The maximum atomic E-state index is 12.1. The highest BCUT2D eigenvalue weighted by Crippen LogP contribution is 2.31. The van der Waals surface area contributed by atoms with E-state index in [2.05, 4.69) is 0 Å². The van der Waals surface area contributed by atoms with E-state index in [9.17, 15) is 14.9 Å². The van der Waals surface area contributed by atoms with Gasteiger partial charge < -0.3 is 10.5 Å². The first-order chi connectivity index (χ1) is 14.0. The van der Waals surface area contributed by atoms with Gasteiger partial charge in [0.05, 0.1) is 0 Å². The van der Waals surface area contributed by atoms with Gasteiger partial charge in [0.25, 0.3) is 5.91 Å². The van der Waals surface area contributed by atoms with Gasteiger partial charge in [0, 0.05) is 16.1 Å². The minimum atomic E-state index is -1.04. The van der Waals surface area contributed by atoms with Crippen LogP contribution in [0.5, 0.6) is 5.75 Å². The van der Waals surface area contributed by atoms with Gasteiger partial charge in [-0.25, -0.2) is 4.79 Å². The number of rotatable bonds is 5. The van der Waals surface area contributed by atoms with Gasteiger partial charge in [0.15, 0.2) is 0 Å². The molecule has 0 bridgehead atoms. The third-order valence-electron chi connectivity index (χ3n) is 4.16. The molecule has 0 heterocycles. The van der Waals surface area contributed by atoms with Gasteiger partial charge in [-0.05, 0) is 29.0 Å². The van der Waals surface area contributed by atoms with E-state index in [0.717, 1.165) is 16.3 Å². The van der Waals surface area contributed by atoms with Crippen molar-refractivity contribution in [3.63, 3.8) is 0 Å². The smallest absolute Gasteiger partial charge is 0.319 e. The fraction of sp³-hybridized carbons (Fsp3) is 0.0455. The summed E-state index contributed by atoms with van der Waals surface area (Å²) in [6, 6.07) is 19.2. The Morgan fingerprint density at radius 2 is 1.83 bits per heavy atom. The van der Waals surface area contributed by atoms with Crippen LogP contribution in [0, 0.1) is 11.3 Å². The fourth-order valence-corrected chi connectivity index (χ4v) is 2.98. The second kappa shape index (κ2) is 8.91. The summed E-state index contributed by atoms with van der Waals surface area (Å²) in [5, 5.41) is 13.5. The number of amides is 3. The predicted molar refractivity (Wildman–Crippen MR) is 111 cm³/mol. The Morgan fingerprint density at radius 1 is 1.10 bits per heavy atom. The van der Waals surface area contributed by atoms with Gasteiger partial charge in [-0.1, -0.05) is 60.1 Å². The SMILES string of the molecule is N#C/C(=C/c1c(OCc2ccccc2Cl)ccc2ccccc12)C(=O)NC(N)=O. The number of urea groups is 1. The molecule has 7 heteroatoms. The number of carbonyl (C=O) groups is 2. The molecule has 0 fully saturated rings. The van der Waals surface area contributed by atoms with Crippen LogP contribution in [0.25, 0.3) is 16.8 Å². The molecule has 29 heavy (non-hydrogen) atoms. The average molecular weight is 406 g/mol. The second-order valence-electron chi connectivity index (χ2n) is 6.07. The number of carbonyl (C=O) groups excluding carboxylic acids is 2. The van der Waals surface area contributed by atoms with E-state index in [0.29, 0.717) is 16.3 Å². The molecule has 0 atom stereocenters. The van der Waals surface area contributed by atoms with Gasteiger partial charge in [-0.3, -0.25) is 10.1 Å². The van der Waals surface area contributed by atoms with Crippen molar-refractivity contribution in [3.05, 3.63) is 82.4 Å². The van der Waals surface area contributed by atoms with Gasteiger partial charge in [0.1, 0.15) is 24.0 Å². The number of nitrogens with one attached hydrogen (secondary N) is 1. The van der Waals surface area contributed by atoms with E-state index in [1.807, 2.05) is 53.8 Å². The first-order valence-electron chi connectivity index (χ1n) is 8.60. The quantitative estimate of drug-likeness (QED) is 0.490. The first-order valence-corrected chi connectivity index (χ1v) is 8.98. The zero-order chi connectivity index (χ0) is 20.8. The molecule has 3 N–H and O–H groups in total. The number of halogens is 1. The fourth-order valence-electron chi connectivity index (χ4n) is 2.79. The van der Waals surface area contributed by atoms with E-state index in [-0.39, 0.29) is 12.2 Å². The van der Waals surface area contributed by atoms with Gasteiger partial charge in [-0.2, -0.15) is 5.26 Å². The molecular weight excluding hydrogens is 390 g/mol. The number of imide groups is 1. The summed E-state index contributed by atoms with van der Waals surface area (Å²) in [4.78, 5) is 23.1. The largest absolute Gasteiger partial charge is 0.488 e. The Morgan fingerprint density at radius 3 is 2.55 bits per heavy atom. The van der Waals surface area contributed by atoms with Crippen LogP contribution in [0.2, 0.25) is 5.02 Å². The van der Waals surface area contributed by atoms with Crippen molar-refractivity contribution in [1.82, 2.24) is 5.32 Å². The topological polar surface area (TPSA) is 105 Å². The molecule has 0 aliphatic carbocycles. The molecule has 3 rings (SSSR count). The van der Waals surface area contributed by atoms with Crippen molar-refractivity contribution in [2.24, 2.45) is 5.73 Å². The summed E-state index contributed by atoms with van der Waals surface area (Å²) in [5.41, 5.74) is 6.04. The van der Waals surface area contributed by atoms with E-state index < -0.39 is 11.9 Å². The summed E-state index contributed by atoms with van der Waals surface area (Å²) < 4.78 is 5.96. The summed E-state index contributed by atoms with van der Waals surface area (Å²) in [6.45, 7) is 0.203. The monoisotopic (exact) mass is 405 g/mol. The standard InChI is InChI=1S/C22H16ClN3O3/c23-19-8-4-2-6-15(19)13-29-20-10-9-14-5-1-3-7-17(14)18(20)11-16(12-24)21(27)26-22(25)28/h1-11H,13H2,(H3,25,26,27,28)/b16-11-.